The summed E-state index contributed by atoms with van der Waals surface area (Å²) in [5, 5.41) is 4.57. The smallest absolute Gasteiger partial charge is 0.287 e. The van der Waals surface area contributed by atoms with Crippen molar-refractivity contribution in [1.29, 1.82) is 0 Å². The van der Waals surface area contributed by atoms with Crippen LogP contribution in [0.15, 0.2) is 39.8 Å². The van der Waals surface area contributed by atoms with Gasteiger partial charge in [0.05, 0.1) is 10.2 Å². The van der Waals surface area contributed by atoms with E-state index in [2.05, 4.69) is 5.32 Å². The monoisotopic (exact) mass is 422 g/mol. The standard InChI is InChI=1S/C18H15ClN2O4S2/c1-27(23,24)14-5-3-12(25-14)15(22)21-18-7-17(8-18,9-18)16-20-11-6-10(19)2-4-13(11)26-16/h2-6H,7-9H2,1H3,(H,21,22). The fourth-order valence-electron chi connectivity index (χ4n) is 4.22. The van der Waals surface area contributed by atoms with Gasteiger partial charge < -0.3 is 9.73 Å². The average Bonchev–Trinajstić information content (AvgIpc) is 3.14. The maximum atomic E-state index is 12.4. The van der Waals surface area contributed by atoms with Gasteiger partial charge in [-0.2, -0.15) is 0 Å². The molecule has 6 nitrogen and oxygen atoms in total. The highest BCUT2D eigenvalue weighted by atomic mass is 35.5. The lowest BCUT2D eigenvalue weighted by atomic mass is 9.39. The molecule has 0 atom stereocenters. The highest BCUT2D eigenvalue weighted by Crippen LogP contribution is 2.68. The number of thiazole rings is 1. The average molecular weight is 423 g/mol. The summed E-state index contributed by atoms with van der Waals surface area (Å²) in [5.74, 6) is -0.363. The summed E-state index contributed by atoms with van der Waals surface area (Å²) in [6.07, 6.45) is 3.54. The van der Waals surface area contributed by atoms with Crippen LogP contribution in [0.4, 0.5) is 0 Å². The van der Waals surface area contributed by atoms with Crippen molar-refractivity contribution in [2.75, 3.05) is 6.26 Å². The number of furan rings is 1. The number of nitrogens with one attached hydrogen (secondary N) is 1. The SMILES string of the molecule is CS(=O)(=O)c1ccc(C(=O)NC23CC(c4nc5cc(Cl)ccc5s4)(C2)C3)o1. The van der Waals surface area contributed by atoms with Crippen molar-refractivity contribution in [1.82, 2.24) is 10.3 Å². The van der Waals surface area contributed by atoms with E-state index < -0.39 is 9.84 Å². The Morgan fingerprint density at radius 1 is 1.26 bits per heavy atom. The maximum Gasteiger partial charge on any atom is 0.287 e. The molecular formula is C18H15ClN2O4S2. The van der Waals surface area contributed by atoms with Gasteiger partial charge in [0.15, 0.2) is 5.76 Å². The van der Waals surface area contributed by atoms with Crippen LogP contribution >= 0.6 is 22.9 Å². The van der Waals surface area contributed by atoms with Crippen molar-refractivity contribution in [2.45, 2.75) is 35.3 Å². The van der Waals surface area contributed by atoms with Crippen LogP contribution in [-0.2, 0) is 15.3 Å². The van der Waals surface area contributed by atoms with E-state index in [0.29, 0.717) is 5.02 Å². The number of benzene rings is 1. The minimum Gasteiger partial charge on any atom is -0.440 e. The predicted octanol–water partition coefficient (Wildman–Crippen LogP) is 3.55. The first kappa shape index (κ1) is 17.2. The van der Waals surface area contributed by atoms with Crippen molar-refractivity contribution in [3.05, 3.63) is 46.1 Å². The van der Waals surface area contributed by atoms with Crippen LogP contribution in [0.3, 0.4) is 0 Å². The van der Waals surface area contributed by atoms with Gasteiger partial charge in [-0.15, -0.1) is 11.3 Å². The third kappa shape index (κ3) is 2.61. The number of halogens is 1. The topological polar surface area (TPSA) is 89.3 Å². The number of amides is 1. The number of fused-ring (bicyclic) bond motifs is 1. The molecule has 3 aromatic rings. The molecule has 9 heteroatoms. The first-order valence-electron chi connectivity index (χ1n) is 8.37. The van der Waals surface area contributed by atoms with Gasteiger partial charge in [0.1, 0.15) is 5.01 Å². The van der Waals surface area contributed by atoms with Crippen molar-refractivity contribution >= 4 is 48.9 Å². The van der Waals surface area contributed by atoms with Crippen LogP contribution < -0.4 is 5.32 Å². The minimum absolute atomic E-state index is 0.0174. The summed E-state index contributed by atoms with van der Waals surface area (Å²) in [7, 11) is -3.47. The second kappa shape index (κ2) is 5.33. The van der Waals surface area contributed by atoms with Crippen molar-refractivity contribution < 1.29 is 17.6 Å². The number of hydrogen-bond donors (Lipinski definition) is 1. The van der Waals surface area contributed by atoms with Crippen LogP contribution in [0.1, 0.15) is 34.8 Å². The molecule has 3 aliphatic rings. The fraction of sp³-hybridized carbons (Fsp3) is 0.333. The van der Waals surface area contributed by atoms with Gasteiger partial charge in [0.25, 0.3) is 5.91 Å². The predicted molar refractivity (Wildman–Crippen MR) is 102 cm³/mol. The largest absolute Gasteiger partial charge is 0.440 e. The molecule has 6 rings (SSSR count). The molecule has 3 fully saturated rings. The van der Waals surface area contributed by atoms with Gasteiger partial charge in [-0.05, 0) is 49.6 Å². The zero-order valence-corrected chi connectivity index (χ0v) is 16.7. The zero-order valence-electron chi connectivity index (χ0n) is 14.3. The van der Waals surface area contributed by atoms with E-state index >= 15 is 0 Å². The highest BCUT2D eigenvalue weighted by molar-refractivity contribution is 7.90. The van der Waals surface area contributed by atoms with Crippen molar-refractivity contribution in [3.63, 3.8) is 0 Å². The Morgan fingerprint density at radius 3 is 2.67 bits per heavy atom. The van der Waals surface area contributed by atoms with E-state index in [9.17, 15) is 13.2 Å². The number of sulfone groups is 1. The normalized spacial score (nSPS) is 26.4. The molecule has 3 aliphatic carbocycles. The first-order valence-corrected chi connectivity index (χ1v) is 11.5. The molecule has 2 heterocycles. The number of nitrogens with zero attached hydrogens (tertiary/aromatic N) is 1. The van der Waals surface area contributed by atoms with Gasteiger partial charge in [-0.1, -0.05) is 11.6 Å². The van der Waals surface area contributed by atoms with E-state index in [1.165, 1.54) is 12.1 Å². The molecule has 1 aromatic carbocycles. The van der Waals surface area contributed by atoms with Crippen molar-refractivity contribution in [2.24, 2.45) is 0 Å². The van der Waals surface area contributed by atoms with E-state index in [0.717, 1.165) is 40.7 Å². The minimum atomic E-state index is -3.47. The summed E-state index contributed by atoms with van der Waals surface area (Å²) in [5.41, 5.74) is 0.698. The van der Waals surface area contributed by atoms with Gasteiger partial charge in [-0.25, -0.2) is 13.4 Å². The molecule has 0 spiro atoms. The Morgan fingerprint density at radius 2 is 2.00 bits per heavy atom. The number of hydrogen-bond acceptors (Lipinski definition) is 6. The summed E-state index contributed by atoms with van der Waals surface area (Å²) < 4.78 is 29.3. The number of carbonyl (C=O) groups is 1. The number of aromatic nitrogens is 1. The van der Waals surface area contributed by atoms with Crippen molar-refractivity contribution in [3.8, 4) is 0 Å². The molecular weight excluding hydrogens is 408 g/mol. The Balaban J connectivity index is 1.30. The second-order valence-electron chi connectivity index (χ2n) is 7.57. The van der Waals surface area contributed by atoms with Crippen LogP contribution in [0.2, 0.25) is 5.02 Å². The Labute approximate surface area is 164 Å². The lowest BCUT2D eigenvalue weighted by Crippen LogP contribution is -2.76. The lowest BCUT2D eigenvalue weighted by molar-refractivity contribution is -0.0811. The van der Waals surface area contributed by atoms with E-state index in [1.54, 1.807) is 11.3 Å². The van der Waals surface area contributed by atoms with Gasteiger partial charge in [0.2, 0.25) is 14.9 Å². The summed E-state index contributed by atoms with van der Waals surface area (Å²) in [6, 6.07) is 8.42. The molecule has 1 amide bonds. The molecule has 3 saturated carbocycles. The number of carbonyl (C=O) groups excluding carboxylic acids is 1. The van der Waals surface area contributed by atoms with Gasteiger partial charge in [-0.3, -0.25) is 4.79 Å². The van der Waals surface area contributed by atoms with E-state index in [1.807, 2.05) is 18.2 Å². The Bertz CT molecular complexity index is 1190. The third-order valence-electron chi connectivity index (χ3n) is 5.38. The first-order chi connectivity index (χ1) is 12.7. The van der Waals surface area contributed by atoms with Gasteiger partial charge >= 0.3 is 0 Å². The summed E-state index contributed by atoms with van der Waals surface area (Å²) >= 11 is 7.72. The third-order valence-corrected chi connectivity index (χ3v) is 7.85. The zero-order chi connectivity index (χ0) is 19.0. The molecule has 0 aliphatic heterocycles. The van der Waals surface area contributed by atoms with Crippen LogP contribution in [0.25, 0.3) is 10.2 Å². The quantitative estimate of drug-likeness (QED) is 0.694. The summed E-state index contributed by atoms with van der Waals surface area (Å²) in [4.78, 5) is 17.2. The number of rotatable bonds is 4. The molecule has 2 bridgehead atoms. The van der Waals surface area contributed by atoms with Gasteiger partial charge in [0, 0.05) is 22.2 Å². The molecule has 1 N–H and O–H groups in total. The molecule has 27 heavy (non-hydrogen) atoms. The summed E-state index contributed by atoms with van der Waals surface area (Å²) in [6.45, 7) is 0. The van der Waals surface area contributed by atoms with Crippen LogP contribution in [0.5, 0.6) is 0 Å². The molecule has 0 saturated heterocycles. The van der Waals surface area contributed by atoms with E-state index in [-0.39, 0.29) is 27.7 Å². The molecule has 0 radical (unpaired) electrons. The second-order valence-corrected chi connectivity index (χ2v) is 11.0. The molecule has 0 unspecified atom stereocenters. The van der Waals surface area contributed by atoms with Crippen LogP contribution in [-0.4, -0.2) is 31.1 Å². The fourth-order valence-corrected chi connectivity index (χ4v) is 6.07. The van der Waals surface area contributed by atoms with E-state index in [4.69, 9.17) is 21.0 Å². The lowest BCUT2D eigenvalue weighted by Gasteiger charge is -2.69. The highest BCUT2D eigenvalue weighted by Gasteiger charge is 2.70. The molecule has 2 aromatic heterocycles. The Kier molecular flexibility index (Phi) is 3.40. The Hall–Kier alpha value is -1.90. The maximum absolute atomic E-state index is 12.4. The van der Waals surface area contributed by atoms with Crippen LogP contribution in [0, 0.1) is 0 Å². The molecule has 140 valence electrons.